The van der Waals surface area contributed by atoms with Crippen LogP contribution in [0.5, 0.6) is 51.7 Å². The smallest absolute Gasteiger partial charge is 0.298 e. The molecule has 4 N–H and O–H groups in total. The highest BCUT2D eigenvalue weighted by Gasteiger charge is 2.21. The van der Waals surface area contributed by atoms with Crippen LogP contribution in [-0.2, 0) is 51.8 Å². The summed E-state index contributed by atoms with van der Waals surface area (Å²) < 4.78 is 109. The normalized spacial score (nSPS) is 11.5. The predicted octanol–water partition coefficient (Wildman–Crippen LogP) is 13.4. The predicted molar refractivity (Wildman–Crippen MR) is 269 cm³/mol. The van der Waals surface area contributed by atoms with Gasteiger partial charge in [0.15, 0.2) is 0 Å². The van der Waals surface area contributed by atoms with Crippen molar-refractivity contribution in [3.63, 3.8) is 0 Å². The van der Waals surface area contributed by atoms with Crippen LogP contribution in [-0.4, -0.2) is 43.6 Å². The van der Waals surface area contributed by atoms with E-state index >= 15 is 0 Å². The molecule has 0 radical (unpaired) electrons. The summed E-state index contributed by atoms with van der Waals surface area (Å²) in [5.41, 5.74) is 5.08. The second-order valence-electron chi connectivity index (χ2n) is 15.8. The summed E-state index contributed by atoms with van der Waals surface area (Å²) in [5, 5.41) is 25.1. The van der Waals surface area contributed by atoms with Gasteiger partial charge < -0.3 is 23.7 Å². The summed E-state index contributed by atoms with van der Waals surface area (Å²) in [7, 11) is -7.84. The molecule has 8 aromatic rings. The fraction of sp³-hybridized carbons (Fsp3) is 0.0769. The van der Waals surface area contributed by atoms with Crippen molar-refractivity contribution >= 4 is 44.3 Å². The second-order valence-corrected chi connectivity index (χ2v) is 20.1. The molecule has 0 aliphatic heterocycles. The van der Waals surface area contributed by atoms with Gasteiger partial charge in [0.2, 0.25) is 0 Å². The zero-order chi connectivity index (χ0) is 51.5. The van der Waals surface area contributed by atoms with Crippen LogP contribution in [0.2, 0.25) is 0 Å². The Labute approximate surface area is 428 Å². The number of rotatable bonds is 22. The molecule has 0 aliphatic rings. The highest BCUT2D eigenvalue weighted by Crippen LogP contribution is 2.38. The van der Waals surface area contributed by atoms with Crippen molar-refractivity contribution in [1.29, 1.82) is 0 Å². The van der Waals surface area contributed by atoms with Crippen molar-refractivity contribution in [3.8, 4) is 62.9 Å². The van der Waals surface area contributed by atoms with E-state index in [1.54, 1.807) is 128 Å². The van der Waals surface area contributed by atoms with E-state index in [4.69, 9.17) is 38.5 Å². The molecule has 8 rings (SSSR count). The summed E-state index contributed by atoms with van der Waals surface area (Å²) >= 11 is 1.49. The van der Waals surface area contributed by atoms with E-state index in [1.807, 2.05) is 31.2 Å². The Morgan fingerprint density at radius 1 is 0.411 bits per heavy atom. The number of methoxy groups -OCH3 is 1. The molecule has 17 nitrogen and oxygen atoms in total. The Bertz CT molecular complexity index is 3410. The maximum Gasteiger partial charge on any atom is 0.298 e. The van der Waals surface area contributed by atoms with Crippen LogP contribution in [0, 0.1) is 6.92 Å². The lowest BCUT2D eigenvalue weighted by molar-refractivity contribution is -0.432. The van der Waals surface area contributed by atoms with E-state index in [0.29, 0.717) is 85.2 Å². The molecular formula is C52H42O17S4. The highest BCUT2D eigenvalue weighted by atomic mass is 32.2. The van der Waals surface area contributed by atoms with Crippen LogP contribution in [0.1, 0.15) is 27.8 Å². The molecule has 0 saturated heterocycles. The first-order valence-corrected chi connectivity index (χ1v) is 25.9. The lowest BCUT2D eigenvalue weighted by Gasteiger charge is -2.14. The van der Waals surface area contributed by atoms with Gasteiger partial charge in [0.25, 0.3) is 20.2 Å². The van der Waals surface area contributed by atoms with Crippen LogP contribution in [0.25, 0.3) is 11.1 Å². The Kier molecular flexibility index (Phi) is 17.0. The van der Waals surface area contributed by atoms with Gasteiger partial charge in [0.05, 0.1) is 36.1 Å². The summed E-state index contributed by atoms with van der Waals surface area (Å²) in [6.45, 7) is 1.85. The van der Waals surface area contributed by atoms with Gasteiger partial charge in [-0.15, -0.1) is 8.67 Å². The van der Waals surface area contributed by atoms with Crippen LogP contribution in [0.4, 0.5) is 0 Å². The van der Waals surface area contributed by atoms with Crippen molar-refractivity contribution < 1.29 is 78.9 Å². The van der Waals surface area contributed by atoms with Crippen LogP contribution < -0.4 is 23.7 Å². The Hall–Kier alpha value is -6.96. The fourth-order valence-electron chi connectivity index (χ4n) is 7.30. The molecule has 73 heavy (non-hydrogen) atoms. The first-order valence-electron chi connectivity index (χ1n) is 21.5. The third-order valence-corrected chi connectivity index (χ3v) is 13.9. The fourth-order valence-corrected chi connectivity index (χ4v) is 9.62. The van der Waals surface area contributed by atoms with Crippen molar-refractivity contribution in [2.45, 2.75) is 39.3 Å². The minimum absolute atomic E-state index is 0.0706. The lowest BCUT2D eigenvalue weighted by Crippen LogP contribution is -2.03. The molecule has 0 spiro atoms. The molecule has 376 valence electrons. The van der Waals surface area contributed by atoms with Gasteiger partial charge >= 0.3 is 0 Å². The molecule has 0 saturated carbocycles. The molecule has 0 bridgehead atoms. The van der Waals surface area contributed by atoms with E-state index in [9.17, 15) is 25.9 Å². The van der Waals surface area contributed by atoms with E-state index in [2.05, 4.69) is 14.4 Å². The van der Waals surface area contributed by atoms with E-state index in [1.165, 1.54) is 24.3 Å². The molecule has 0 atom stereocenters. The number of hydrogen-bond acceptors (Lipinski definition) is 17. The van der Waals surface area contributed by atoms with Crippen LogP contribution >= 0.6 is 24.1 Å². The van der Waals surface area contributed by atoms with E-state index < -0.39 is 30.0 Å². The number of ether oxygens (including phenoxy) is 5. The Morgan fingerprint density at radius 3 is 1.18 bits per heavy atom. The maximum atomic E-state index is 12.6. The van der Waals surface area contributed by atoms with Gasteiger partial charge in [-0.3, -0.25) is 9.11 Å². The molecule has 0 aliphatic carbocycles. The Morgan fingerprint density at radius 2 is 0.753 bits per heavy atom. The van der Waals surface area contributed by atoms with Crippen molar-refractivity contribution in [2.24, 2.45) is 0 Å². The largest absolute Gasteiger partial charge is 0.497 e. The topological polar surface area (TPSA) is 232 Å². The molecule has 0 heterocycles. The average molecular weight is 1070 g/mol. The van der Waals surface area contributed by atoms with Gasteiger partial charge in [-0.1, -0.05) is 64.7 Å². The third-order valence-electron chi connectivity index (χ3n) is 10.8. The third kappa shape index (κ3) is 14.2. The minimum atomic E-state index is -4.73. The van der Waals surface area contributed by atoms with Gasteiger partial charge in [0, 0.05) is 4.90 Å². The van der Waals surface area contributed by atoms with E-state index in [-0.39, 0.29) is 17.9 Å². The van der Waals surface area contributed by atoms with Crippen LogP contribution in [0.15, 0.2) is 189 Å². The SMILES string of the molecule is COc1ccc(Oc2ccc(Oc3ccc(Cc4ccc(Oc5ccc(-c6ccc(Oc7ccc(Cc8ccc(C)c(SOOO)c8)cc7S(=O)(=O)O)cc6)cc5)c(SOOO)c4)cc3S(=O)(=O)O)cc2)cc1. The summed E-state index contributed by atoms with van der Waals surface area (Å²) in [6, 6.07) is 47.1. The first-order chi connectivity index (χ1) is 35.1. The quantitative estimate of drug-likeness (QED) is 0.0214. The number of benzene rings is 8. The molecule has 21 heteroatoms. The maximum absolute atomic E-state index is 12.6. The van der Waals surface area contributed by atoms with Crippen molar-refractivity contribution in [3.05, 3.63) is 198 Å². The summed E-state index contributed by atoms with van der Waals surface area (Å²) in [5.74, 6) is 3.02. The first kappa shape index (κ1) is 52.4. The molecule has 0 fully saturated rings. The molecule has 0 aromatic heterocycles. The van der Waals surface area contributed by atoms with E-state index in [0.717, 1.165) is 34.3 Å². The standard InChI is InChI=1S/C52H42O17S4/c1-33-3-4-34(29-49(33)70-68-66-53)27-36-6-25-47(51(31-36)72(55,56)57)64-44-14-10-39(11-15-44)38-8-12-43(13-9-38)63-46-24-5-35(30-50(46)71-69-67-54)28-37-7-26-48(52(32-37)73(58,59)60)65-45-22-20-42(21-23-45)62-41-18-16-40(61-2)17-19-41/h3-26,29-32,53-54H,27-28H2,1-2H3,(H,55,56,57)(H,58,59,60). The second kappa shape index (κ2) is 23.7. The van der Waals surface area contributed by atoms with Gasteiger partial charge in [0.1, 0.15) is 61.5 Å². The monoisotopic (exact) mass is 1070 g/mol. The Balaban J connectivity index is 0.912. The van der Waals surface area contributed by atoms with Crippen molar-refractivity contribution in [1.82, 2.24) is 0 Å². The molecular weight excluding hydrogens is 1020 g/mol. The summed E-state index contributed by atoms with van der Waals surface area (Å²) in [4.78, 5) is 0.233. The number of aryl methyl sites for hydroxylation is 1. The highest BCUT2D eigenvalue weighted by molar-refractivity contribution is 7.94. The molecule has 0 amide bonds. The lowest BCUT2D eigenvalue weighted by atomic mass is 10.0. The van der Waals surface area contributed by atoms with Gasteiger partial charge in [-0.2, -0.15) is 16.8 Å². The summed E-state index contributed by atoms with van der Waals surface area (Å²) in [6.07, 6.45) is 0.520. The molecule has 8 aromatic carbocycles. The molecule has 0 unspecified atom stereocenters. The minimum Gasteiger partial charge on any atom is -0.497 e. The average Bonchev–Trinajstić information content (AvgIpc) is 3.38. The zero-order valence-corrected chi connectivity index (χ0v) is 41.6. The zero-order valence-electron chi connectivity index (χ0n) is 38.3. The van der Waals surface area contributed by atoms with Gasteiger partial charge in [-0.25, -0.2) is 10.5 Å². The number of hydrogen-bond donors (Lipinski definition) is 4. The van der Waals surface area contributed by atoms with Crippen molar-refractivity contribution in [2.75, 3.05) is 7.11 Å². The van der Waals surface area contributed by atoms with Crippen LogP contribution in [0.3, 0.4) is 0 Å². The van der Waals surface area contributed by atoms with Gasteiger partial charge in [-0.05, 0) is 174 Å².